The van der Waals surface area contributed by atoms with Crippen LogP contribution in [0.3, 0.4) is 0 Å². The zero-order valence-electron chi connectivity index (χ0n) is 13.5. The van der Waals surface area contributed by atoms with Gasteiger partial charge >= 0.3 is 0 Å². The van der Waals surface area contributed by atoms with Crippen molar-refractivity contribution in [2.24, 2.45) is 0 Å². The third-order valence-corrected chi connectivity index (χ3v) is 5.43. The predicted molar refractivity (Wildman–Crippen MR) is 95.2 cm³/mol. The van der Waals surface area contributed by atoms with E-state index in [1.807, 2.05) is 17.8 Å². The van der Waals surface area contributed by atoms with Crippen molar-refractivity contribution in [2.45, 2.75) is 38.3 Å². The summed E-state index contributed by atoms with van der Waals surface area (Å²) in [5.74, 6) is 0. The number of thiazole rings is 1. The van der Waals surface area contributed by atoms with E-state index in [4.69, 9.17) is 0 Å². The smallest absolute Gasteiger partial charge is 0.258 e. The van der Waals surface area contributed by atoms with Gasteiger partial charge in [0, 0.05) is 42.6 Å². The number of pyridine rings is 1. The standard InChI is InChI=1S/C18H20N4OS/c23-17-12-15(20-18-22(17)10-11-24-18)13-21-9-3-1-2-4-16(21)14-5-7-19-8-6-14/h5-8,10-12,16H,1-4,9,13H2/t16-/m1/s1. The molecule has 0 aromatic carbocycles. The zero-order chi connectivity index (χ0) is 16.4. The van der Waals surface area contributed by atoms with Gasteiger partial charge in [0.25, 0.3) is 5.56 Å². The van der Waals surface area contributed by atoms with E-state index < -0.39 is 0 Å². The minimum Gasteiger partial charge on any atom is -0.291 e. The molecule has 0 saturated carbocycles. The first-order valence-electron chi connectivity index (χ1n) is 8.41. The molecule has 4 rings (SSSR count). The second-order valence-corrected chi connectivity index (χ2v) is 7.13. The second-order valence-electron chi connectivity index (χ2n) is 6.26. The van der Waals surface area contributed by atoms with E-state index in [2.05, 4.69) is 27.0 Å². The summed E-state index contributed by atoms with van der Waals surface area (Å²) in [5.41, 5.74) is 2.18. The largest absolute Gasteiger partial charge is 0.291 e. The summed E-state index contributed by atoms with van der Waals surface area (Å²) in [6.45, 7) is 1.76. The fourth-order valence-electron chi connectivity index (χ4n) is 3.50. The minimum atomic E-state index is 0.00605. The van der Waals surface area contributed by atoms with Gasteiger partial charge in [0.1, 0.15) is 0 Å². The van der Waals surface area contributed by atoms with Gasteiger partial charge in [-0.05, 0) is 37.1 Å². The Kier molecular flexibility index (Phi) is 4.40. The van der Waals surface area contributed by atoms with E-state index in [1.165, 1.54) is 36.2 Å². The molecule has 6 heteroatoms. The number of aromatic nitrogens is 3. The number of nitrogens with zero attached hydrogens (tertiary/aromatic N) is 4. The third-order valence-electron chi connectivity index (χ3n) is 4.68. The zero-order valence-corrected chi connectivity index (χ0v) is 14.3. The molecule has 124 valence electrons. The van der Waals surface area contributed by atoms with Crippen LogP contribution in [0.1, 0.15) is 43.0 Å². The van der Waals surface area contributed by atoms with Crippen LogP contribution < -0.4 is 5.56 Å². The number of rotatable bonds is 3. The van der Waals surface area contributed by atoms with Crippen molar-refractivity contribution in [1.82, 2.24) is 19.3 Å². The molecule has 5 nitrogen and oxygen atoms in total. The fraction of sp³-hybridized carbons (Fsp3) is 0.389. The molecule has 0 radical (unpaired) electrons. The summed E-state index contributed by atoms with van der Waals surface area (Å²) in [6, 6.07) is 6.26. The van der Waals surface area contributed by atoms with Crippen molar-refractivity contribution < 1.29 is 0 Å². The monoisotopic (exact) mass is 340 g/mol. The van der Waals surface area contributed by atoms with Crippen LogP contribution in [-0.4, -0.2) is 25.8 Å². The van der Waals surface area contributed by atoms with Gasteiger partial charge in [-0.25, -0.2) is 4.98 Å². The average molecular weight is 340 g/mol. The summed E-state index contributed by atoms with van der Waals surface area (Å²) >= 11 is 1.50. The SMILES string of the molecule is O=c1cc(CN2CCCCC[C@@H]2c2ccncc2)nc2sccn12. The first kappa shape index (κ1) is 15.5. The highest BCUT2D eigenvalue weighted by molar-refractivity contribution is 7.15. The summed E-state index contributed by atoms with van der Waals surface area (Å²) in [6.07, 6.45) is 10.3. The maximum atomic E-state index is 12.2. The van der Waals surface area contributed by atoms with Gasteiger partial charge in [-0.3, -0.25) is 19.1 Å². The van der Waals surface area contributed by atoms with Crippen LogP contribution in [0.25, 0.3) is 4.96 Å². The number of likely N-dealkylation sites (tertiary alicyclic amines) is 1. The first-order valence-corrected chi connectivity index (χ1v) is 9.29. The molecule has 0 aliphatic carbocycles. The van der Waals surface area contributed by atoms with Crippen LogP contribution in [0.4, 0.5) is 0 Å². The van der Waals surface area contributed by atoms with E-state index in [9.17, 15) is 4.79 Å². The van der Waals surface area contributed by atoms with Crippen LogP contribution in [0.15, 0.2) is 47.0 Å². The molecule has 0 N–H and O–H groups in total. The topological polar surface area (TPSA) is 50.5 Å². The molecule has 1 saturated heterocycles. The Morgan fingerprint density at radius 1 is 1.21 bits per heavy atom. The number of hydrogen-bond donors (Lipinski definition) is 0. The van der Waals surface area contributed by atoms with Crippen LogP contribution in [-0.2, 0) is 6.54 Å². The Morgan fingerprint density at radius 3 is 2.96 bits per heavy atom. The Bertz CT molecular complexity index is 873. The lowest BCUT2D eigenvalue weighted by Crippen LogP contribution is -2.29. The lowest BCUT2D eigenvalue weighted by molar-refractivity contribution is 0.190. The second kappa shape index (κ2) is 6.83. The Morgan fingerprint density at radius 2 is 2.08 bits per heavy atom. The van der Waals surface area contributed by atoms with E-state index in [0.717, 1.165) is 30.2 Å². The molecule has 0 spiro atoms. The van der Waals surface area contributed by atoms with Gasteiger partial charge < -0.3 is 0 Å². The molecule has 24 heavy (non-hydrogen) atoms. The molecule has 0 amide bonds. The van der Waals surface area contributed by atoms with Crippen molar-refractivity contribution in [3.63, 3.8) is 0 Å². The fourth-order valence-corrected chi connectivity index (χ4v) is 4.24. The van der Waals surface area contributed by atoms with E-state index in [0.29, 0.717) is 6.04 Å². The summed E-state index contributed by atoms with van der Waals surface area (Å²) in [4.78, 5) is 24.3. The van der Waals surface area contributed by atoms with Crippen molar-refractivity contribution in [2.75, 3.05) is 6.54 Å². The van der Waals surface area contributed by atoms with Gasteiger partial charge in [-0.15, -0.1) is 11.3 Å². The molecule has 1 aliphatic rings. The molecular formula is C18H20N4OS. The maximum Gasteiger partial charge on any atom is 0.258 e. The highest BCUT2D eigenvalue weighted by Gasteiger charge is 2.23. The molecule has 0 bridgehead atoms. The Hall–Kier alpha value is -2.05. The molecule has 3 aromatic rings. The third kappa shape index (κ3) is 3.12. The normalized spacial score (nSPS) is 19.4. The van der Waals surface area contributed by atoms with Gasteiger partial charge in [0.2, 0.25) is 0 Å². The van der Waals surface area contributed by atoms with Crippen LogP contribution in [0.5, 0.6) is 0 Å². The minimum absolute atomic E-state index is 0.00605. The van der Waals surface area contributed by atoms with Gasteiger partial charge in [0.15, 0.2) is 4.96 Å². The van der Waals surface area contributed by atoms with Crippen LogP contribution in [0, 0.1) is 0 Å². The summed E-state index contributed by atoms with van der Waals surface area (Å²) in [5, 5.41) is 1.90. The number of fused-ring (bicyclic) bond motifs is 1. The molecule has 0 unspecified atom stereocenters. The van der Waals surface area contributed by atoms with Crippen LogP contribution >= 0.6 is 11.3 Å². The van der Waals surface area contributed by atoms with Crippen molar-refractivity contribution in [3.05, 3.63) is 63.8 Å². The van der Waals surface area contributed by atoms with E-state index in [-0.39, 0.29) is 5.56 Å². The highest BCUT2D eigenvalue weighted by Crippen LogP contribution is 2.30. The Labute approximate surface area is 144 Å². The lowest BCUT2D eigenvalue weighted by Gasteiger charge is -2.29. The lowest BCUT2D eigenvalue weighted by atomic mass is 10.0. The number of hydrogen-bond acceptors (Lipinski definition) is 5. The van der Waals surface area contributed by atoms with Gasteiger partial charge in [-0.2, -0.15) is 0 Å². The van der Waals surface area contributed by atoms with Crippen molar-refractivity contribution >= 4 is 16.3 Å². The molecule has 4 heterocycles. The van der Waals surface area contributed by atoms with E-state index >= 15 is 0 Å². The maximum absolute atomic E-state index is 12.2. The highest BCUT2D eigenvalue weighted by atomic mass is 32.1. The quantitative estimate of drug-likeness (QED) is 0.734. The molecule has 1 aliphatic heterocycles. The predicted octanol–water partition coefficient (Wildman–Crippen LogP) is 3.27. The molecule has 3 aromatic heterocycles. The van der Waals surface area contributed by atoms with Crippen molar-refractivity contribution in [3.8, 4) is 0 Å². The summed E-state index contributed by atoms with van der Waals surface area (Å²) in [7, 11) is 0. The first-order chi connectivity index (χ1) is 11.8. The summed E-state index contributed by atoms with van der Waals surface area (Å²) < 4.78 is 1.61. The molecule has 1 fully saturated rings. The van der Waals surface area contributed by atoms with Gasteiger partial charge in [0.05, 0.1) is 5.69 Å². The van der Waals surface area contributed by atoms with Crippen molar-refractivity contribution in [1.29, 1.82) is 0 Å². The van der Waals surface area contributed by atoms with Crippen LogP contribution in [0.2, 0.25) is 0 Å². The van der Waals surface area contributed by atoms with Gasteiger partial charge in [-0.1, -0.05) is 12.8 Å². The molecule has 1 atom stereocenters. The Balaban J connectivity index is 1.65. The molecular weight excluding hydrogens is 320 g/mol. The average Bonchev–Trinajstić information content (AvgIpc) is 2.96. The van der Waals surface area contributed by atoms with E-state index in [1.54, 1.807) is 16.7 Å².